The molecule has 2 saturated carbocycles. The third kappa shape index (κ3) is 2.98. The number of hydrogen-bond donors (Lipinski definition) is 1. The van der Waals surface area contributed by atoms with Gasteiger partial charge < -0.3 is 5.11 Å². The van der Waals surface area contributed by atoms with E-state index in [-0.39, 0.29) is 11.5 Å². The predicted octanol–water partition coefficient (Wildman–Crippen LogP) is 4.51. The molecule has 2 rings (SSSR count). The molecule has 0 saturated heterocycles. The maximum atomic E-state index is 10.3. The van der Waals surface area contributed by atoms with Gasteiger partial charge in [-0.15, -0.1) is 11.6 Å². The van der Waals surface area contributed by atoms with Crippen LogP contribution in [-0.2, 0) is 0 Å². The molecule has 2 aliphatic carbocycles. The second-order valence-corrected chi connectivity index (χ2v) is 6.78. The van der Waals surface area contributed by atoms with Gasteiger partial charge in [0.05, 0.1) is 6.10 Å². The van der Waals surface area contributed by atoms with E-state index in [0.29, 0.717) is 5.38 Å². The van der Waals surface area contributed by atoms with Crippen molar-refractivity contribution in [2.24, 2.45) is 11.3 Å². The summed E-state index contributed by atoms with van der Waals surface area (Å²) in [5.41, 5.74) is 0.288. The van der Waals surface area contributed by atoms with Gasteiger partial charge in [0.15, 0.2) is 0 Å². The zero-order valence-electron chi connectivity index (χ0n) is 11.1. The molecule has 0 amide bonds. The maximum Gasteiger partial charge on any atom is 0.0596 e. The Labute approximate surface area is 111 Å². The minimum atomic E-state index is -0.0589. The lowest BCUT2D eigenvalue weighted by molar-refractivity contribution is -0.0435. The van der Waals surface area contributed by atoms with Crippen molar-refractivity contribution in [1.82, 2.24) is 0 Å². The Morgan fingerprint density at radius 2 is 2.06 bits per heavy atom. The summed E-state index contributed by atoms with van der Waals surface area (Å²) in [5.74, 6) is 0.725. The minimum Gasteiger partial charge on any atom is -0.393 e. The van der Waals surface area contributed by atoms with Crippen molar-refractivity contribution in [3.05, 3.63) is 0 Å². The van der Waals surface area contributed by atoms with Crippen LogP contribution < -0.4 is 0 Å². The van der Waals surface area contributed by atoms with Gasteiger partial charge in [-0.1, -0.05) is 26.2 Å². The maximum absolute atomic E-state index is 10.3. The third-order valence-corrected chi connectivity index (χ3v) is 5.95. The molecule has 0 aromatic rings. The first-order chi connectivity index (χ1) is 8.18. The van der Waals surface area contributed by atoms with Crippen molar-refractivity contribution < 1.29 is 5.11 Å². The fourth-order valence-electron chi connectivity index (χ4n) is 3.75. The van der Waals surface area contributed by atoms with E-state index in [1.807, 2.05) is 0 Å². The number of hydrogen-bond acceptors (Lipinski definition) is 1. The lowest BCUT2D eigenvalue weighted by Crippen LogP contribution is -2.40. The van der Waals surface area contributed by atoms with E-state index in [9.17, 15) is 5.11 Å². The molecular formula is C15H27ClO. The fraction of sp³-hybridized carbons (Fsp3) is 1.00. The average molecular weight is 259 g/mol. The second kappa shape index (κ2) is 5.93. The zero-order chi connectivity index (χ0) is 12.3. The van der Waals surface area contributed by atoms with Crippen molar-refractivity contribution in [3.63, 3.8) is 0 Å². The number of aliphatic hydroxyl groups excluding tert-OH is 1. The van der Waals surface area contributed by atoms with Gasteiger partial charge in [0.2, 0.25) is 0 Å². The molecule has 1 unspecified atom stereocenters. The number of aliphatic hydroxyl groups is 1. The van der Waals surface area contributed by atoms with Gasteiger partial charge in [0.1, 0.15) is 0 Å². The first-order valence-corrected chi connectivity index (χ1v) is 7.94. The molecule has 0 heterocycles. The second-order valence-electron chi connectivity index (χ2n) is 6.22. The Balaban J connectivity index is 1.67. The van der Waals surface area contributed by atoms with Crippen LogP contribution in [0.4, 0.5) is 0 Å². The first kappa shape index (κ1) is 13.7. The predicted molar refractivity (Wildman–Crippen MR) is 73.4 cm³/mol. The van der Waals surface area contributed by atoms with Gasteiger partial charge in [-0.05, 0) is 56.3 Å². The largest absolute Gasteiger partial charge is 0.393 e. The molecule has 2 heteroatoms. The highest BCUT2D eigenvalue weighted by Gasteiger charge is 2.41. The Bertz CT molecular complexity index is 232. The summed E-state index contributed by atoms with van der Waals surface area (Å²) in [6.45, 7) is 2.23. The highest BCUT2D eigenvalue weighted by molar-refractivity contribution is 6.20. The summed E-state index contributed by atoms with van der Waals surface area (Å²) in [4.78, 5) is 0. The molecule has 2 aliphatic rings. The quantitative estimate of drug-likeness (QED) is 0.696. The van der Waals surface area contributed by atoms with Crippen molar-refractivity contribution in [2.75, 3.05) is 0 Å². The van der Waals surface area contributed by atoms with Crippen molar-refractivity contribution in [1.29, 1.82) is 0 Å². The van der Waals surface area contributed by atoms with Crippen molar-refractivity contribution in [3.8, 4) is 0 Å². The molecule has 0 bridgehead atoms. The van der Waals surface area contributed by atoms with Gasteiger partial charge in [-0.2, -0.15) is 0 Å². The standard InChI is InChI=1S/C15H27ClO/c1-2-15(10-5-11-15)14(17)9-4-7-12-6-3-8-13(12)16/h12-14,17H,2-11H2,1H3/t12-,13-,14?/m0/s1. The first-order valence-electron chi connectivity index (χ1n) is 7.50. The fourth-order valence-corrected chi connectivity index (χ4v) is 4.16. The van der Waals surface area contributed by atoms with Crippen LogP contribution in [0.5, 0.6) is 0 Å². The average Bonchev–Trinajstić information content (AvgIpc) is 2.64. The van der Waals surface area contributed by atoms with Crippen LogP contribution >= 0.6 is 11.6 Å². The SMILES string of the molecule is CCC1(C(O)CCC[C@@H]2CCC[C@@H]2Cl)CCC1. The summed E-state index contributed by atoms with van der Waals surface area (Å²) in [7, 11) is 0. The Morgan fingerprint density at radius 3 is 2.53 bits per heavy atom. The van der Waals surface area contributed by atoms with Crippen LogP contribution in [0.2, 0.25) is 0 Å². The summed E-state index contributed by atoms with van der Waals surface area (Å²) in [6.07, 6.45) is 12.1. The molecule has 100 valence electrons. The molecule has 0 aromatic heterocycles. The van der Waals surface area contributed by atoms with E-state index < -0.39 is 0 Å². The highest BCUT2D eigenvalue weighted by Crippen LogP contribution is 2.48. The van der Waals surface area contributed by atoms with Crippen LogP contribution in [0.1, 0.15) is 71.1 Å². The zero-order valence-corrected chi connectivity index (χ0v) is 11.9. The smallest absolute Gasteiger partial charge is 0.0596 e. The number of halogens is 1. The molecule has 1 N–H and O–H groups in total. The number of alkyl halides is 1. The van der Waals surface area contributed by atoms with Gasteiger partial charge in [0.25, 0.3) is 0 Å². The monoisotopic (exact) mass is 258 g/mol. The lowest BCUT2D eigenvalue weighted by Gasteiger charge is -2.45. The minimum absolute atomic E-state index is 0.0589. The lowest BCUT2D eigenvalue weighted by atomic mass is 9.62. The van der Waals surface area contributed by atoms with Crippen LogP contribution in [0, 0.1) is 11.3 Å². The van der Waals surface area contributed by atoms with Gasteiger partial charge >= 0.3 is 0 Å². The van der Waals surface area contributed by atoms with Crippen molar-refractivity contribution >= 4 is 11.6 Å². The summed E-state index contributed by atoms with van der Waals surface area (Å²) >= 11 is 6.29. The molecule has 0 aliphatic heterocycles. The molecule has 2 fully saturated rings. The van der Waals surface area contributed by atoms with E-state index in [0.717, 1.165) is 25.2 Å². The molecule has 1 nitrogen and oxygen atoms in total. The van der Waals surface area contributed by atoms with Crippen LogP contribution in [0.3, 0.4) is 0 Å². The van der Waals surface area contributed by atoms with E-state index >= 15 is 0 Å². The molecule has 0 spiro atoms. The van der Waals surface area contributed by atoms with Gasteiger partial charge in [-0.3, -0.25) is 0 Å². The number of rotatable bonds is 6. The van der Waals surface area contributed by atoms with Crippen molar-refractivity contribution in [2.45, 2.75) is 82.6 Å². The summed E-state index contributed by atoms with van der Waals surface area (Å²) in [5, 5.41) is 10.7. The molecule has 0 aromatic carbocycles. The summed E-state index contributed by atoms with van der Waals surface area (Å²) in [6, 6.07) is 0. The van der Waals surface area contributed by atoms with Gasteiger partial charge in [0, 0.05) is 5.38 Å². The normalized spacial score (nSPS) is 33.4. The molecule has 3 atom stereocenters. The topological polar surface area (TPSA) is 20.2 Å². The van der Waals surface area contributed by atoms with Crippen LogP contribution in [0.15, 0.2) is 0 Å². The Kier molecular flexibility index (Phi) is 4.77. The molecular weight excluding hydrogens is 232 g/mol. The third-order valence-electron chi connectivity index (χ3n) is 5.38. The Morgan fingerprint density at radius 1 is 1.29 bits per heavy atom. The van der Waals surface area contributed by atoms with Gasteiger partial charge in [-0.25, -0.2) is 0 Å². The molecule has 0 radical (unpaired) electrons. The van der Waals surface area contributed by atoms with E-state index in [1.54, 1.807) is 0 Å². The summed E-state index contributed by atoms with van der Waals surface area (Å²) < 4.78 is 0. The molecule has 17 heavy (non-hydrogen) atoms. The van der Waals surface area contributed by atoms with Crippen LogP contribution in [0.25, 0.3) is 0 Å². The Hall–Kier alpha value is 0.250. The van der Waals surface area contributed by atoms with E-state index in [4.69, 9.17) is 11.6 Å². The van der Waals surface area contributed by atoms with Crippen LogP contribution in [-0.4, -0.2) is 16.6 Å². The van der Waals surface area contributed by atoms with E-state index in [1.165, 1.54) is 44.9 Å². The van der Waals surface area contributed by atoms with E-state index in [2.05, 4.69) is 6.92 Å². The highest BCUT2D eigenvalue weighted by atomic mass is 35.5.